The SMILES string of the molecule is Cc1ccncc1-c1cnc2c(c1)C(c1nc3c(-c4cccc(F)c4)nccc3[nH]1)=CC(C)N2. The number of anilines is 1. The highest BCUT2D eigenvalue weighted by atomic mass is 19.1. The molecule has 1 aromatic carbocycles. The molecule has 1 unspecified atom stereocenters. The van der Waals surface area contributed by atoms with E-state index in [1.165, 1.54) is 12.1 Å². The molecule has 7 heteroatoms. The lowest BCUT2D eigenvalue weighted by atomic mass is 9.96. The van der Waals surface area contributed by atoms with Crippen LogP contribution in [0.25, 0.3) is 39.0 Å². The molecule has 34 heavy (non-hydrogen) atoms. The molecule has 0 radical (unpaired) electrons. The normalized spacial score (nSPS) is 15.0. The van der Waals surface area contributed by atoms with Crippen LogP contribution in [0.15, 0.2) is 73.3 Å². The third-order valence-corrected chi connectivity index (χ3v) is 6.06. The van der Waals surface area contributed by atoms with Crippen LogP contribution in [0.2, 0.25) is 0 Å². The van der Waals surface area contributed by atoms with Crippen LogP contribution in [-0.2, 0) is 0 Å². The van der Waals surface area contributed by atoms with Crippen molar-refractivity contribution < 1.29 is 4.39 Å². The number of imidazole rings is 1. The van der Waals surface area contributed by atoms with E-state index in [1.807, 2.05) is 30.6 Å². The molecule has 4 aromatic heterocycles. The molecule has 0 fully saturated rings. The quantitative estimate of drug-likeness (QED) is 0.366. The molecule has 166 valence electrons. The number of rotatable bonds is 3. The van der Waals surface area contributed by atoms with Crippen LogP contribution in [0.5, 0.6) is 0 Å². The van der Waals surface area contributed by atoms with Crippen molar-refractivity contribution in [2.45, 2.75) is 19.9 Å². The molecule has 6 nitrogen and oxygen atoms in total. The van der Waals surface area contributed by atoms with Gasteiger partial charge in [-0.2, -0.15) is 0 Å². The van der Waals surface area contributed by atoms with Crippen molar-refractivity contribution >= 4 is 22.4 Å². The summed E-state index contributed by atoms with van der Waals surface area (Å²) in [7, 11) is 0. The molecular formula is C27H21FN6. The van der Waals surface area contributed by atoms with Gasteiger partial charge in [-0.3, -0.25) is 9.97 Å². The maximum Gasteiger partial charge on any atom is 0.139 e. The average Bonchev–Trinajstić information content (AvgIpc) is 3.28. The van der Waals surface area contributed by atoms with E-state index in [9.17, 15) is 4.39 Å². The van der Waals surface area contributed by atoms with Gasteiger partial charge in [-0.15, -0.1) is 0 Å². The van der Waals surface area contributed by atoms with E-state index in [0.29, 0.717) is 16.8 Å². The summed E-state index contributed by atoms with van der Waals surface area (Å²) in [5, 5.41) is 3.43. The molecule has 1 aliphatic heterocycles. The lowest BCUT2D eigenvalue weighted by Crippen LogP contribution is -2.20. The highest BCUT2D eigenvalue weighted by molar-refractivity contribution is 5.94. The molecule has 0 amide bonds. The first-order valence-corrected chi connectivity index (χ1v) is 11.1. The van der Waals surface area contributed by atoms with Gasteiger partial charge in [0, 0.05) is 58.7 Å². The Balaban J connectivity index is 1.50. The van der Waals surface area contributed by atoms with E-state index in [1.54, 1.807) is 18.5 Å². The molecule has 1 atom stereocenters. The summed E-state index contributed by atoms with van der Waals surface area (Å²) in [5.41, 5.74) is 7.94. The predicted octanol–water partition coefficient (Wildman–Crippen LogP) is 5.78. The standard InChI is InChI=1S/C27H21FN6/c1-15-6-8-29-14-22(15)18-12-21-20(10-16(2)32-26(21)31-13-18)27-33-23-7-9-30-24(25(23)34-27)17-4-3-5-19(28)11-17/h3-14,16H,1-2H3,(H,31,32)(H,33,34). The molecule has 0 bridgehead atoms. The van der Waals surface area contributed by atoms with Gasteiger partial charge in [0.15, 0.2) is 0 Å². The van der Waals surface area contributed by atoms with Gasteiger partial charge in [0.25, 0.3) is 0 Å². The summed E-state index contributed by atoms with van der Waals surface area (Å²) >= 11 is 0. The molecule has 6 rings (SSSR count). The summed E-state index contributed by atoms with van der Waals surface area (Å²) in [4.78, 5) is 21.9. The van der Waals surface area contributed by atoms with Crippen molar-refractivity contribution in [3.63, 3.8) is 0 Å². The van der Waals surface area contributed by atoms with Crippen molar-refractivity contribution in [2.24, 2.45) is 0 Å². The summed E-state index contributed by atoms with van der Waals surface area (Å²) in [6, 6.07) is 12.5. The van der Waals surface area contributed by atoms with E-state index >= 15 is 0 Å². The largest absolute Gasteiger partial charge is 0.364 e. The topological polar surface area (TPSA) is 79.4 Å². The Kier molecular flexibility index (Phi) is 4.69. The third kappa shape index (κ3) is 3.42. The number of benzene rings is 1. The summed E-state index contributed by atoms with van der Waals surface area (Å²) < 4.78 is 13.9. The van der Waals surface area contributed by atoms with Gasteiger partial charge in [-0.1, -0.05) is 18.2 Å². The van der Waals surface area contributed by atoms with Gasteiger partial charge in [-0.05, 0) is 49.7 Å². The summed E-state index contributed by atoms with van der Waals surface area (Å²) in [6.07, 6.45) is 9.37. The van der Waals surface area contributed by atoms with Gasteiger partial charge >= 0.3 is 0 Å². The van der Waals surface area contributed by atoms with E-state index < -0.39 is 0 Å². The van der Waals surface area contributed by atoms with E-state index in [0.717, 1.165) is 45.0 Å². The van der Waals surface area contributed by atoms with Crippen LogP contribution in [0.3, 0.4) is 0 Å². The molecule has 0 saturated heterocycles. The minimum atomic E-state index is -0.305. The Labute approximate surface area is 195 Å². The Morgan fingerprint density at radius 2 is 1.85 bits per heavy atom. The minimum absolute atomic E-state index is 0.0787. The van der Waals surface area contributed by atoms with Crippen LogP contribution in [0.4, 0.5) is 10.2 Å². The maximum atomic E-state index is 13.9. The van der Waals surface area contributed by atoms with Crippen LogP contribution in [-0.4, -0.2) is 31.0 Å². The highest BCUT2D eigenvalue weighted by Gasteiger charge is 2.23. The zero-order valence-corrected chi connectivity index (χ0v) is 18.7. The number of aromatic nitrogens is 5. The Hall–Kier alpha value is -4.39. The number of fused-ring (bicyclic) bond motifs is 2. The monoisotopic (exact) mass is 448 g/mol. The van der Waals surface area contributed by atoms with Crippen LogP contribution in [0, 0.1) is 12.7 Å². The third-order valence-electron chi connectivity index (χ3n) is 6.06. The zero-order chi connectivity index (χ0) is 23.2. The van der Waals surface area contributed by atoms with Crippen LogP contribution in [0.1, 0.15) is 23.9 Å². The van der Waals surface area contributed by atoms with Gasteiger partial charge in [0.05, 0.1) is 11.2 Å². The first-order chi connectivity index (χ1) is 16.6. The number of hydrogen-bond acceptors (Lipinski definition) is 5. The Morgan fingerprint density at radius 1 is 0.941 bits per heavy atom. The number of pyridine rings is 3. The second-order valence-corrected chi connectivity index (χ2v) is 8.48. The number of aromatic amines is 1. The van der Waals surface area contributed by atoms with E-state index in [-0.39, 0.29) is 11.9 Å². The van der Waals surface area contributed by atoms with Gasteiger partial charge in [0.1, 0.15) is 23.0 Å². The average molecular weight is 449 g/mol. The molecule has 1 aliphatic rings. The molecule has 0 saturated carbocycles. The number of nitrogens with zero attached hydrogens (tertiary/aromatic N) is 4. The van der Waals surface area contributed by atoms with Crippen molar-refractivity contribution in [3.8, 4) is 22.4 Å². The number of halogens is 1. The van der Waals surface area contributed by atoms with Crippen molar-refractivity contribution in [2.75, 3.05) is 5.32 Å². The van der Waals surface area contributed by atoms with Gasteiger partial charge in [0.2, 0.25) is 0 Å². The molecule has 5 heterocycles. The fourth-order valence-corrected chi connectivity index (χ4v) is 4.41. The lowest BCUT2D eigenvalue weighted by molar-refractivity contribution is 0.628. The van der Waals surface area contributed by atoms with Crippen molar-refractivity contribution in [1.82, 2.24) is 24.9 Å². The van der Waals surface area contributed by atoms with Crippen LogP contribution < -0.4 is 5.32 Å². The first-order valence-electron chi connectivity index (χ1n) is 11.1. The number of nitrogens with one attached hydrogen (secondary N) is 2. The fourth-order valence-electron chi connectivity index (χ4n) is 4.41. The zero-order valence-electron chi connectivity index (χ0n) is 18.7. The van der Waals surface area contributed by atoms with Crippen molar-refractivity contribution in [1.29, 1.82) is 0 Å². The Bertz CT molecular complexity index is 1590. The van der Waals surface area contributed by atoms with Gasteiger partial charge in [-0.25, -0.2) is 14.4 Å². The predicted molar refractivity (Wildman–Crippen MR) is 132 cm³/mol. The molecular weight excluding hydrogens is 427 g/mol. The van der Waals surface area contributed by atoms with Crippen molar-refractivity contribution in [3.05, 3.63) is 96.1 Å². The summed E-state index contributed by atoms with van der Waals surface area (Å²) in [5.74, 6) is 1.22. The highest BCUT2D eigenvalue weighted by Crippen LogP contribution is 2.36. The first kappa shape index (κ1) is 20.2. The fraction of sp³-hybridized carbons (Fsp3) is 0.111. The number of hydrogen-bond donors (Lipinski definition) is 2. The molecule has 0 spiro atoms. The van der Waals surface area contributed by atoms with E-state index in [2.05, 4.69) is 46.3 Å². The number of H-pyrrole nitrogens is 1. The molecule has 2 N–H and O–H groups in total. The van der Waals surface area contributed by atoms with Gasteiger partial charge < -0.3 is 10.3 Å². The maximum absolute atomic E-state index is 13.9. The second-order valence-electron chi connectivity index (χ2n) is 8.48. The Morgan fingerprint density at radius 3 is 2.71 bits per heavy atom. The molecule has 0 aliphatic carbocycles. The second kappa shape index (κ2) is 7.88. The lowest BCUT2D eigenvalue weighted by Gasteiger charge is -2.23. The minimum Gasteiger partial charge on any atom is -0.364 e. The van der Waals surface area contributed by atoms with Crippen LogP contribution >= 0.6 is 0 Å². The van der Waals surface area contributed by atoms with E-state index in [4.69, 9.17) is 9.97 Å². The molecule has 5 aromatic rings. The number of aryl methyl sites for hydroxylation is 1. The summed E-state index contributed by atoms with van der Waals surface area (Å²) in [6.45, 7) is 4.14. The smallest absolute Gasteiger partial charge is 0.139 e.